The minimum Gasteiger partial charge on any atom is -0.483 e. The molecule has 0 aromatic heterocycles. The van der Waals surface area contributed by atoms with Crippen LogP contribution in [-0.4, -0.2) is 26.7 Å². The van der Waals surface area contributed by atoms with Crippen molar-refractivity contribution < 1.29 is 17.9 Å². The highest BCUT2D eigenvalue weighted by molar-refractivity contribution is 7.92. The van der Waals surface area contributed by atoms with Crippen molar-refractivity contribution in [1.82, 2.24) is 0 Å². The third-order valence-electron chi connectivity index (χ3n) is 3.51. The number of carbonyl (C=O) groups is 1. The summed E-state index contributed by atoms with van der Waals surface area (Å²) < 4.78 is 31.0. The molecule has 0 saturated heterocycles. The normalized spacial score (nSPS) is 11.0. The van der Waals surface area contributed by atoms with Gasteiger partial charge in [-0.25, -0.2) is 8.42 Å². The molecule has 0 atom stereocenters. The highest BCUT2D eigenvalue weighted by atomic mass is 32.2. The Balaban J connectivity index is 1.90. The summed E-state index contributed by atoms with van der Waals surface area (Å²) in [6.45, 7) is 5.38. The van der Waals surface area contributed by atoms with Gasteiger partial charge in [-0.2, -0.15) is 0 Å². The first-order chi connectivity index (χ1) is 11.8. The molecule has 2 N–H and O–H groups in total. The Morgan fingerprint density at radius 3 is 2.28 bits per heavy atom. The summed E-state index contributed by atoms with van der Waals surface area (Å²) in [6.07, 6.45) is 0. The highest BCUT2D eigenvalue weighted by Gasteiger charge is 2.08. The van der Waals surface area contributed by atoms with Crippen molar-refractivity contribution in [3.8, 4) is 5.75 Å². The van der Waals surface area contributed by atoms with Gasteiger partial charge in [0.05, 0.1) is 5.75 Å². The van der Waals surface area contributed by atoms with Gasteiger partial charge < -0.3 is 10.1 Å². The summed E-state index contributed by atoms with van der Waals surface area (Å²) in [7, 11) is -3.31. The maximum Gasteiger partial charge on any atom is 0.262 e. The lowest BCUT2D eigenvalue weighted by Gasteiger charge is -2.11. The number of rotatable bonds is 7. The van der Waals surface area contributed by atoms with Crippen LogP contribution in [0.4, 0.5) is 11.4 Å². The Morgan fingerprint density at radius 1 is 1.04 bits per heavy atom. The minimum absolute atomic E-state index is 0.00124. The molecule has 0 aliphatic heterocycles. The SMILES string of the molecule is CCS(=O)(=O)Nc1ccc(NC(=O)COc2ccc(C)cc2C)cc1. The average molecular weight is 362 g/mol. The number of anilines is 2. The van der Waals surface area contributed by atoms with Crippen LogP contribution >= 0.6 is 0 Å². The van der Waals surface area contributed by atoms with Gasteiger partial charge in [-0.05, 0) is 56.7 Å². The lowest BCUT2D eigenvalue weighted by atomic mass is 10.1. The molecule has 0 bridgehead atoms. The van der Waals surface area contributed by atoms with E-state index in [1.165, 1.54) is 0 Å². The number of sulfonamides is 1. The van der Waals surface area contributed by atoms with Crippen LogP contribution in [0.3, 0.4) is 0 Å². The van der Waals surface area contributed by atoms with Crippen LogP contribution in [0.2, 0.25) is 0 Å². The van der Waals surface area contributed by atoms with Crippen molar-refractivity contribution in [2.45, 2.75) is 20.8 Å². The molecule has 0 unspecified atom stereocenters. The number of amides is 1. The molecule has 0 saturated carbocycles. The minimum atomic E-state index is -3.31. The zero-order valence-electron chi connectivity index (χ0n) is 14.5. The molecule has 0 radical (unpaired) electrons. The summed E-state index contributed by atoms with van der Waals surface area (Å²) in [6, 6.07) is 12.2. The van der Waals surface area contributed by atoms with E-state index < -0.39 is 10.0 Å². The van der Waals surface area contributed by atoms with Crippen LogP contribution in [0.5, 0.6) is 5.75 Å². The molecule has 7 heteroatoms. The lowest BCUT2D eigenvalue weighted by Crippen LogP contribution is -2.20. The van der Waals surface area contributed by atoms with E-state index in [-0.39, 0.29) is 18.3 Å². The largest absolute Gasteiger partial charge is 0.483 e. The van der Waals surface area contributed by atoms with E-state index in [0.717, 1.165) is 11.1 Å². The van der Waals surface area contributed by atoms with Crippen LogP contribution in [0.1, 0.15) is 18.1 Å². The third-order valence-corrected chi connectivity index (χ3v) is 4.82. The molecule has 2 aromatic carbocycles. The van der Waals surface area contributed by atoms with E-state index in [1.54, 1.807) is 31.2 Å². The molecule has 2 aromatic rings. The van der Waals surface area contributed by atoms with Crippen molar-refractivity contribution in [1.29, 1.82) is 0 Å². The summed E-state index contributed by atoms with van der Waals surface area (Å²) in [4.78, 5) is 12.0. The maximum atomic E-state index is 12.0. The first-order valence-electron chi connectivity index (χ1n) is 7.89. The van der Waals surface area contributed by atoms with E-state index in [4.69, 9.17) is 4.74 Å². The van der Waals surface area contributed by atoms with Crippen LogP contribution < -0.4 is 14.8 Å². The number of hydrogen-bond donors (Lipinski definition) is 2. The molecular weight excluding hydrogens is 340 g/mol. The van der Waals surface area contributed by atoms with Gasteiger partial charge in [0, 0.05) is 11.4 Å². The van der Waals surface area contributed by atoms with Crippen molar-refractivity contribution in [2.75, 3.05) is 22.4 Å². The van der Waals surface area contributed by atoms with Gasteiger partial charge in [0.1, 0.15) is 5.75 Å². The molecule has 2 rings (SSSR count). The van der Waals surface area contributed by atoms with Gasteiger partial charge in [0.15, 0.2) is 6.61 Å². The maximum absolute atomic E-state index is 12.0. The van der Waals surface area contributed by atoms with Crippen molar-refractivity contribution in [2.24, 2.45) is 0 Å². The average Bonchev–Trinajstić information content (AvgIpc) is 2.56. The molecule has 25 heavy (non-hydrogen) atoms. The Labute approximate surface area is 148 Å². The second-order valence-corrected chi connectivity index (χ2v) is 7.70. The zero-order valence-corrected chi connectivity index (χ0v) is 15.3. The molecular formula is C18H22N2O4S. The van der Waals surface area contributed by atoms with Crippen molar-refractivity contribution in [3.63, 3.8) is 0 Å². The third kappa shape index (κ3) is 5.79. The summed E-state index contributed by atoms with van der Waals surface area (Å²) in [5.41, 5.74) is 3.12. The van der Waals surface area contributed by atoms with E-state index in [0.29, 0.717) is 17.1 Å². The van der Waals surface area contributed by atoms with E-state index in [9.17, 15) is 13.2 Å². The standard InChI is InChI=1S/C18H22N2O4S/c1-4-25(22,23)20-16-8-6-15(7-9-16)19-18(21)12-24-17-10-5-13(2)11-14(17)3/h5-11,20H,4,12H2,1-3H3,(H,19,21). The van der Waals surface area contributed by atoms with Crippen LogP contribution in [-0.2, 0) is 14.8 Å². The van der Waals surface area contributed by atoms with E-state index in [2.05, 4.69) is 10.0 Å². The fourth-order valence-corrected chi connectivity index (χ4v) is 2.81. The molecule has 1 amide bonds. The molecule has 6 nitrogen and oxygen atoms in total. The Kier molecular flexibility index (Phi) is 6.03. The van der Waals surface area contributed by atoms with E-state index in [1.807, 2.05) is 32.0 Å². The van der Waals surface area contributed by atoms with Gasteiger partial charge in [-0.1, -0.05) is 17.7 Å². The summed E-state index contributed by atoms with van der Waals surface area (Å²) in [5, 5.41) is 2.71. The second kappa shape index (κ2) is 8.02. The fourth-order valence-electron chi connectivity index (χ4n) is 2.17. The molecule has 134 valence electrons. The van der Waals surface area contributed by atoms with Gasteiger partial charge >= 0.3 is 0 Å². The van der Waals surface area contributed by atoms with E-state index >= 15 is 0 Å². The first-order valence-corrected chi connectivity index (χ1v) is 9.55. The second-order valence-electron chi connectivity index (χ2n) is 5.69. The van der Waals surface area contributed by atoms with Crippen LogP contribution in [0.25, 0.3) is 0 Å². The highest BCUT2D eigenvalue weighted by Crippen LogP contribution is 2.19. The Morgan fingerprint density at radius 2 is 1.68 bits per heavy atom. The van der Waals surface area contributed by atoms with Crippen LogP contribution in [0, 0.1) is 13.8 Å². The lowest BCUT2D eigenvalue weighted by molar-refractivity contribution is -0.118. The topological polar surface area (TPSA) is 84.5 Å². The monoisotopic (exact) mass is 362 g/mol. The Bertz CT molecular complexity index is 846. The summed E-state index contributed by atoms with van der Waals surface area (Å²) in [5.74, 6) is 0.383. The van der Waals surface area contributed by atoms with Gasteiger partial charge in [0.25, 0.3) is 5.91 Å². The number of ether oxygens (including phenoxy) is 1. The Hall–Kier alpha value is -2.54. The van der Waals surface area contributed by atoms with Crippen molar-refractivity contribution >= 4 is 27.3 Å². The number of hydrogen-bond acceptors (Lipinski definition) is 4. The fraction of sp³-hybridized carbons (Fsp3) is 0.278. The molecule has 0 fully saturated rings. The molecule has 0 spiro atoms. The smallest absolute Gasteiger partial charge is 0.262 e. The number of aryl methyl sites for hydroxylation is 2. The first kappa shape index (κ1) is 18.8. The molecule has 0 heterocycles. The van der Waals surface area contributed by atoms with Crippen LogP contribution in [0.15, 0.2) is 42.5 Å². The summed E-state index contributed by atoms with van der Waals surface area (Å²) >= 11 is 0. The van der Waals surface area contributed by atoms with Gasteiger partial charge in [0.2, 0.25) is 10.0 Å². The quantitative estimate of drug-likeness (QED) is 0.793. The molecule has 0 aliphatic rings. The number of nitrogens with one attached hydrogen (secondary N) is 2. The predicted octanol–water partition coefficient (Wildman–Crippen LogP) is 3.08. The number of carbonyl (C=O) groups excluding carboxylic acids is 1. The van der Waals surface area contributed by atoms with Gasteiger partial charge in [-0.3, -0.25) is 9.52 Å². The predicted molar refractivity (Wildman–Crippen MR) is 99.6 cm³/mol. The van der Waals surface area contributed by atoms with Gasteiger partial charge in [-0.15, -0.1) is 0 Å². The zero-order chi connectivity index (χ0) is 18.4. The number of benzene rings is 2. The van der Waals surface area contributed by atoms with Crippen molar-refractivity contribution in [3.05, 3.63) is 53.6 Å². The molecule has 0 aliphatic carbocycles.